The predicted octanol–water partition coefficient (Wildman–Crippen LogP) is 8.42. The fraction of sp³-hybridized carbons (Fsp3) is 0.226. The first-order chi connectivity index (χ1) is 16.9. The molecule has 1 heterocycles. The molecule has 0 aromatic heterocycles. The average Bonchev–Trinajstić information content (AvgIpc) is 3.36. The van der Waals surface area contributed by atoms with Crippen LogP contribution in [-0.2, 0) is 0 Å². The zero-order chi connectivity index (χ0) is 23.2. The Kier molecular flexibility index (Phi) is 7.87. The van der Waals surface area contributed by atoms with Gasteiger partial charge in [-0.2, -0.15) is 0 Å². The molecule has 0 unspecified atom stereocenters. The average molecular weight is 482 g/mol. The van der Waals surface area contributed by atoms with E-state index in [0.29, 0.717) is 11.3 Å². The predicted molar refractivity (Wildman–Crippen MR) is 151 cm³/mol. The first kappa shape index (κ1) is 23.4. The van der Waals surface area contributed by atoms with Crippen molar-refractivity contribution in [1.29, 1.82) is 0 Å². The van der Waals surface area contributed by atoms with Crippen LogP contribution < -0.4 is 10.6 Å². The third-order valence-corrected chi connectivity index (χ3v) is 13.2. The summed E-state index contributed by atoms with van der Waals surface area (Å²) >= 11 is 0. The third-order valence-electron chi connectivity index (χ3n) is 6.64. The van der Waals surface area contributed by atoms with Gasteiger partial charge in [0, 0.05) is 25.9 Å². The maximum atomic E-state index is 2.97. The Labute approximate surface area is 207 Å². The van der Waals surface area contributed by atoms with Crippen molar-refractivity contribution in [3.63, 3.8) is 0 Å². The highest BCUT2D eigenvalue weighted by Crippen LogP contribution is 2.76. The van der Waals surface area contributed by atoms with Crippen molar-refractivity contribution < 1.29 is 0 Å². The van der Waals surface area contributed by atoms with Gasteiger partial charge in [-0.05, 0) is 49.1 Å². The van der Waals surface area contributed by atoms with Gasteiger partial charge in [0.25, 0.3) is 0 Å². The first-order valence-electron chi connectivity index (χ1n) is 12.4. The molecule has 1 nitrogen and oxygen atoms in total. The van der Waals surface area contributed by atoms with E-state index in [1.807, 2.05) is 0 Å². The van der Waals surface area contributed by atoms with Gasteiger partial charge in [-0.1, -0.05) is 128 Å². The molecule has 0 bridgehead atoms. The van der Waals surface area contributed by atoms with E-state index in [-0.39, 0.29) is 0 Å². The van der Waals surface area contributed by atoms with Gasteiger partial charge >= 0.3 is 0 Å². The minimum atomic E-state index is -0.603. The molecule has 4 aromatic rings. The normalized spacial score (nSPS) is 18.6. The smallest absolute Gasteiger partial charge is 0.0318 e. The number of hydrogen-bond acceptors (Lipinski definition) is 1. The standard InChI is InChI=1S/C31H33NP2/c1-2-25-32(33(28-19-11-5-12-20-28)29-21-13-6-14-22-29)34-30(26-15-7-3-8-16-26)23-24-31(34)27-17-9-4-10-18-27/h3-22,30-31H,2,23-25H2,1H3/t30-,31-/m1/s1. The SMILES string of the molecule is CCCN(P(c1ccccc1)c1ccccc1)P1[C@@H](c2ccccc2)CC[C@@H]1c1ccccc1. The van der Waals surface area contributed by atoms with Crippen LogP contribution in [0, 0.1) is 0 Å². The largest absolute Gasteiger partial charge is 0.251 e. The molecule has 1 aliphatic heterocycles. The molecule has 34 heavy (non-hydrogen) atoms. The zero-order valence-electron chi connectivity index (χ0n) is 19.9. The Morgan fingerprint density at radius 1 is 0.618 bits per heavy atom. The summed E-state index contributed by atoms with van der Waals surface area (Å²) in [6.45, 7) is 3.48. The van der Waals surface area contributed by atoms with Crippen LogP contribution in [0.2, 0.25) is 0 Å². The Hall–Kier alpha value is -2.30. The molecule has 3 heteroatoms. The van der Waals surface area contributed by atoms with E-state index in [0.717, 1.165) is 6.54 Å². The van der Waals surface area contributed by atoms with Crippen molar-refractivity contribution in [2.24, 2.45) is 0 Å². The summed E-state index contributed by atoms with van der Waals surface area (Å²) in [5.74, 6) is 0. The topological polar surface area (TPSA) is 3.24 Å². The van der Waals surface area contributed by atoms with Crippen LogP contribution in [0.15, 0.2) is 121 Å². The fourth-order valence-corrected chi connectivity index (χ4v) is 12.8. The van der Waals surface area contributed by atoms with Crippen molar-refractivity contribution in [3.8, 4) is 0 Å². The maximum Gasteiger partial charge on any atom is 0.0318 e. The molecule has 0 spiro atoms. The highest BCUT2D eigenvalue weighted by molar-refractivity contribution is 7.79. The summed E-state index contributed by atoms with van der Waals surface area (Å²) in [5.41, 5.74) is 4.24. The van der Waals surface area contributed by atoms with E-state index in [1.165, 1.54) is 41.0 Å². The molecule has 0 aliphatic carbocycles. The summed E-state index contributed by atoms with van der Waals surface area (Å²) in [5, 5.41) is 2.93. The van der Waals surface area contributed by atoms with Gasteiger partial charge in [-0.3, -0.25) is 4.44 Å². The molecule has 1 aliphatic rings. The van der Waals surface area contributed by atoms with Gasteiger partial charge in [0.05, 0.1) is 0 Å². The van der Waals surface area contributed by atoms with Gasteiger partial charge in [0.1, 0.15) is 0 Å². The van der Waals surface area contributed by atoms with Crippen LogP contribution in [0.4, 0.5) is 0 Å². The number of nitrogens with zero attached hydrogens (tertiary/aromatic N) is 1. The number of hydrogen-bond donors (Lipinski definition) is 0. The van der Waals surface area contributed by atoms with Crippen LogP contribution in [0.3, 0.4) is 0 Å². The van der Waals surface area contributed by atoms with E-state index in [2.05, 4.69) is 133 Å². The fourth-order valence-electron chi connectivity index (χ4n) is 5.18. The molecular formula is C31H33NP2. The number of rotatable bonds is 8. The lowest BCUT2D eigenvalue weighted by Crippen LogP contribution is -2.27. The first-order valence-corrected chi connectivity index (χ1v) is 15.2. The van der Waals surface area contributed by atoms with Crippen LogP contribution in [0.5, 0.6) is 0 Å². The minimum absolute atomic E-state index is 0.418. The Bertz CT molecular complexity index is 1050. The molecule has 0 N–H and O–H groups in total. The van der Waals surface area contributed by atoms with Crippen molar-refractivity contribution in [3.05, 3.63) is 132 Å². The van der Waals surface area contributed by atoms with Crippen LogP contribution in [0.1, 0.15) is 48.6 Å². The summed E-state index contributed by atoms with van der Waals surface area (Å²) < 4.78 is 2.97. The van der Waals surface area contributed by atoms with Gasteiger partial charge < -0.3 is 0 Å². The van der Waals surface area contributed by atoms with Crippen molar-refractivity contribution in [2.45, 2.75) is 37.5 Å². The highest BCUT2D eigenvalue weighted by atomic mass is 31.2. The lowest BCUT2D eigenvalue weighted by atomic mass is 10.0. The van der Waals surface area contributed by atoms with Gasteiger partial charge in [-0.15, -0.1) is 0 Å². The molecule has 5 rings (SSSR count). The minimum Gasteiger partial charge on any atom is -0.251 e. The summed E-state index contributed by atoms with van der Waals surface area (Å²) in [6.07, 6.45) is 3.70. The lowest BCUT2D eigenvalue weighted by molar-refractivity contribution is 0.670. The Morgan fingerprint density at radius 2 is 1.00 bits per heavy atom. The third kappa shape index (κ3) is 5.04. The van der Waals surface area contributed by atoms with Crippen LogP contribution in [-0.4, -0.2) is 11.0 Å². The molecule has 4 aromatic carbocycles. The molecule has 0 saturated carbocycles. The van der Waals surface area contributed by atoms with Crippen molar-refractivity contribution >= 4 is 26.8 Å². The lowest BCUT2D eigenvalue weighted by Gasteiger charge is -2.42. The molecule has 1 saturated heterocycles. The van der Waals surface area contributed by atoms with Gasteiger partial charge in [0.15, 0.2) is 0 Å². The number of benzene rings is 4. The second kappa shape index (κ2) is 11.4. The van der Waals surface area contributed by atoms with E-state index >= 15 is 0 Å². The second-order valence-electron chi connectivity index (χ2n) is 8.89. The zero-order valence-corrected chi connectivity index (χ0v) is 21.7. The Balaban J connectivity index is 1.65. The van der Waals surface area contributed by atoms with Gasteiger partial charge in [-0.25, -0.2) is 0 Å². The van der Waals surface area contributed by atoms with E-state index < -0.39 is 16.1 Å². The molecule has 2 atom stereocenters. The molecule has 0 amide bonds. The summed E-state index contributed by atoms with van der Waals surface area (Å²) in [4.78, 5) is 0. The summed E-state index contributed by atoms with van der Waals surface area (Å²) in [7, 11) is -1.02. The maximum absolute atomic E-state index is 2.97. The monoisotopic (exact) mass is 481 g/mol. The molecular weight excluding hydrogens is 448 g/mol. The van der Waals surface area contributed by atoms with Gasteiger partial charge in [0.2, 0.25) is 0 Å². The van der Waals surface area contributed by atoms with Crippen LogP contribution in [0.25, 0.3) is 0 Å². The highest BCUT2D eigenvalue weighted by Gasteiger charge is 2.43. The molecule has 1 fully saturated rings. The van der Waals surface area contributed by atoms with E-state index in [9.17, 15) is 0 Å². The quantitative estimate of drug-likeness (QED) is 0.228. The van der Waals surface area contributed by atoms with Crippen molar-refractivity contribution in [1.82, 2.24) is 4.44 Å². The van der Waals surface area contributed by atoms with Crippen LogP contribution >= 0.6 is 16.1 Å². The van der Waals surface area contributed by atoms with E-state index in [4.69, 9.17) is 0 Å². The Morgan fingerprint density at radius 3 is 1.38 bits per heavy atom. The molecule has 172 valence electrons. The van der Waals surface area contributed by atoms with Crippen molar-refractivity contribution in [2.75, 3.05) is 6.54 Å². The summed E-state index contributed by atoms with van der Waals surface area (Å²) in [6, 6.07) is 45.2. The second-order valence-corrected chi connectivity index (χ2v) is 13.8. The molecule has 0 radical (unpaired) electrons. The van der Waals surface area contributed by atoms with E-state index in [1.54, 1.807) is 0 Å².